The normalized spacial score (nSPS) is 19.3. The number of likely N-dealkylation sites (tertiary alicyclic amines) is 1. The molecule has 0 aliphatic carbocycles. The summed E-state index contributed by atoms with van der Waals surface area (Å²) in [5.74, 6) is 0.684. The van der Waals surface area contributed by atoms with Gasteiger partial charge in [-0.1, -0.05) is 17.7 Å². The van der Waals surface area contributed by atoms with Crippen LogP contribution >= 0.6 is 11.6 Å². The minimum Gasteiger partial charge on any atom is -0.334 e. The van der Waals surface area contributed by atoms with E-state index in [4.69, 9.17) is 11.6 Å². The lowest BCUT2D eigenvalue weighted by Gasteiger charge is -2.24. The molecule has 1 aromatic rings. The van der Waals surface area contributed by atoms with Crippen LogP contribution in [0, 0.1) is 20.8 Å². The predicted molar refractivity (Wildman–Crippen MR) is 75.4 cm³/mol. The summed E-state index contributed by atoms with van der Waals surface area (Å²) in [6.07, 6.45) is 2.09. The molecular weight excluding hydrogens is 246 g/mol. The molecule has 0 N–H and O–H groups in total. The number of halogens is 1. The second-order valence-corrected chi connectivity index (χ2v) is 5.53. The first-order chi connectivity index (χ1) is 8.54. The van der Waals surface area contributed by atoms with Crippen LogP contribution in [-0.2, 0) is 0 Å². The van der Waals surface area contributed by atoms with Crippen molar-refractivity contribution in [1.82, 2.24) is 4.90 Å². The molecule has 0 saturated carbocycles. The molecule has 1 aliphatic rings. The van der Waals surface area contributed by atoms with Gasteiger partial charge in [-0.2, -0.15) is 0 Å². The van der Waals surface area contributed by atoms with Gasteiger partial charge in [0.15, 0.2) is 0 Å². The van der Waals surface area contributed by atoms with Crippen molar-refractivity contribution >= 4 is 17.5 Å². The van der Waals surface area contributed by atoms with E-state index >= 15 is 0 Å². The smallest absolute Gasteiger partial charge is 0.254 e. The van der Waals surface area contributed by atoms with E-state index in [-0.39, 0.29) is 11.9 Å². The maximum absolute atomic E-state index is 12.6. The topological polar surface area (TPSA) is 20.3 Å². The number of hydrogen-bond acceptors (Lipinski definition) is 1. The zero-order valence-electron chi connectivity index (χ0n) is 11.3. The fourth-order valence-electron chi connectivity index (χ4n) is 2.92. The minimum absolute atomic E-state index is 0.146. The van der Waals surface area contributed by atoms with Gasteiger partial charge in [-0.05, 0) is 44.7 Å². The van der Waals surface area contributed by atoms with Crippen LogP contribution in [0.3, 0.4) is 0 Å². The van der Waals surface area contributed by atoms with Gasteiger partial charge >= 0.3 is 0 Å². The predicted octanol–water partition coefficient (Wildman–Crippen LogP) is 3.46. The summed E-state index contributed by atoms with van der Waals surface area (Å²) < 4.78 is 0. The van der Waals surface area contributed by atoms with Crippen molar-refractivity contribution in [1.29, 1.82) is 0 Å². The molecule has 1 saturated heterocycles. The Morgan fingerprint density at radius 1 is 1.33 bits per heavy atom. The third-order valence-corrected chi connectivity index (χ3v) is 4.06. The highest BCUT2D eigenvalue weighted by Gasteiger charge is 2.30. The van der Waals surface area contributed by atoms with Gasteiger partial charge in [-0.25, -0.2) is 0 Å². The molecule has 2 rings (SSSR count). The average molecular weight is 266 g/mol. The molecule has 0 bridgehead atoms. The van der Waals surface area contributed by atoms with Gasteiger partial charge in [0.1, 0.15) is 0 Å². The second kappa shape index (κ2) is 5.31. The average Bonchev–Trinajstić information content (AvgIpc) is 2.75. The van der Waals surface area contributed by atoms with Gasteiger partial charge in [-0.15, -0.1) is 11.6 Å². The third-order valence-electron chi connectivity index (χ3n) is 3.71. The van der Waals surface area contributed by atoms with Crippen LogP contribution in [0.15, 0.2) is 12.1 Å². The minimum atomic E-state index is 0.146. The van der Waals surface area contributed by atoms with Gasteiger partial charge in [0.2, 0.25) is 0 Å². The van der Waals surface area contributed by atoms with Crippen molar-refractivity contribution < 1.29 is 4.79 Å². The van der Waals surface area contributed by atoms with E-state index < -0.39 is 0 Å². The van der Waals surface area contributed by atoms with Gasteiger partial charge in [-0.3, -0.25) is 4.79 Å². The van der Waals surface area contributed by atoms with E-state index in [0.717, 1.165) is 36.1 Å². The lowest BCUT2D eigenvalue weighted by atomic mass is 9.98. The summed E-state index contributed by atoms with van der Waals surface area (Å²) >= 11 is 5.94. The van der Waals surface area contributed by atoms with Crippen LogP contribution in [0.4, 0.5) is 0 Å². The summed E-state index contributed by atoms with van der Waals surface area (Å²) in [5.41, 5.74) is 4.20. The number of amides is 1. The van der Waals surface area contributed by atoms with Crippen LogP contribution in [0.5, 0.6) is 0 Å². The molecule has 0 spiro atoms. The Labute approximate surface area is 114 Å². The van der Waals surface area contributed by atoms with Crippen LogP contribution in [0.25, 0.3) is 0 Å². The van der Waals surface area contributed by atoms with E-state index in [0.29, 0.717) is 5.88 Å². The molecule has 18 heavy (non-hydrogen) atoms. The van der Waals surface area contributed by atoms with Crippen LogP contribution in [-0.4, -0.2) is 29.3 Å². The number of carbonyl (C=O) groups is 1. The van der Waals surface area contributed by atoms with E-state index in [1.165, 1.54) is 5.56 Å². The molecule has 1 unspecified atom stereocenters. The van der Waals surface area contributed by atoms with Crippen molar-refractivity contribution in [3.63, 3.8) is 0 Å². The third kappa shape index (κ3) is 2.39. The largest absolute Gasteiger partial charge is 0.334 e. The fraction of sp³-hybridized carbons (Fsp3) is 0.533. The van der Waals surface area contributed by atoms with Gasteiger partial charge in [0, 0.05) is 24.0 Å². The van der Waals surface area contributed by atoms with E-state index in [9.17, 15) is 4.79 Å². The number of carbonyl (C=O) groups excluding carboxylic acids is 1. The van der Waals surface area contributed by atoms with Crippen molar-refractivity contribution in [2.75, 3.05) is 12.4 Å². The lowest BCUT2D eigenvalue weighted by Crippen LogP contribution is -2.37. The highest BCUT2D eigenvalue weighted by atomic mass is 35.5. The molecule has 2 nitrogen and oxygen atoms in total. The van der Waals surface area contributed by atoms with E-state index in [2.05, 4.69) is 19.1 Å². The lowest BCUT2D eigenvalue weighted by molar-refractivity contribution is 0.0747. The number of nitrogens with zero attached hydrogens (tertiary/aromatic N) is 1. The Morgan fingerprint density at radius 2 is 1.94 bits per heavy atom. The molecule has 0 aromatic heterocycles. The zero-order chi connectivity index (χ0) is 13.3. The van der Waals surface area contributed by atoms with E-state index in [1.807, 2.05) is 18.7 Å². The Morgan fingerprint density at radius 3 is 2.50 bits per heavy atom. The van der Waals surface area contributed by atoms with Gasteiger partial charge in [0.25, 0.3) is 5.91 Å². The summed E-state index contributed by atoms with van der Waals surface area (Å²) in [6.45, 7) is 6.92. The maximum Gasteiger partial charge on any atom is 0.254 e. The summed E-state index contributed by atoms with van der Waals surface area (Å²) in [6, 6.07) is 4.36. The number of rotatable bonds is 2. The van der Waals surface area contributed by atoms with Crippen molar-refractivity contribution in [2.24, 2.45) is 0 Å². The summed E-state index contributed by atoms with van der Waals surface area (Å²) in [4.78, 5) is 14.6. The Hall–Kier alpha value is -1.02. The Kier molecular flexibility index (Phi) is 3.96. The molecule has 98 valence electrons. The van der Waals surface area contributed by atoms with Crippen molar-refractivity contribution in [3.05, 3.63) is 34.4 Å². The number of hydrogen-bond donors (Lipinski definition) is 0. The van der Waals surface area contributed by atoms with Gasteiger partial charge in [0.05, 0.1) is 0 Å². The standard InChI is InChI=1S/C15H20ClNO/c1-10-7-11(2)14(12(3)8-10)15(18)17-6-4-5-13(17)9-16/h7-8,13H,4-6,9H2,1-3H3. The molecule has 1 fully saturated rings. The maximum atomic E-state index is 12.6. The van der Waals surface area contributed by atoms with Crippen LogP contribution < -0.4 is 0 Å². The quantitative estimate of drug-likeness (QED) is 0.750. The molecular formula is C15H20ClNO. The Balaban J connectivity index is 2.34. The highest BCUT2D eigenvalue weighted by Crippen LogP contribution is 2.24. The number of benzene rings is 1. The SMILES string of the molecule is Cc1cc(C)c(C(=O)N2CCCC2CCl)c(C)c1. The molecule has 3 heteroatoms. The van der Waals surface area contributed by atoms with E-state index in [1.54, 1.807) is 0 Å². The fourth-order valence-corrected chi connectivity index (χ4v) is 3.25. The summed E-state index contributed by atoms with van der Waals surface area (Å²) in [5, 5.41) is 0. The first kappa shape index (κ1) is 13.4. The first-order valence-electron chi connectivity index (χ1n) is 6.49. The molecule has 1 atom stereocenters. The molecule has 1 aromatic carbocycles. The van der Waals surface area contributed by atoms with Crippen LogP contribution in [0.2, 0.25) is 0 Å². The molecule has 1 heterocycles. The number of alkyl halides is 1. The number of aryl methyl sites for hydroxylation is 3. The van der Waals surface area contributed by atoms with Gasteiger partial charge < -0.3 is 4.90 Å². The zero-order valence-corrected chi connectivity index (χ0v) is 12.0. The monoisotopic (exact) mass is 265 g/mol. The highest BCUT2D eigenvalue weighted by molar-refractivity contribution is 6.18. The van der Waals surface area contributed by atoms with Crippen LogP contribution in [0.1, 0.15) is 39.9 Å². The van der Waals surface area contributed by atoms with Crippen molar-refractivity contribution in [2.45, 2.75) is 39.7 Å². The molecule has 1 amide bonds. The molecule has 1 aliphatic heterocycles. The molecule has 0 radical (unpaired) electrons. The second-order valence-electron chi connectivity index (χ2n) is 5.22. The first-order valence-corrected chi connectivity index (χ1v) is 7.03. The van der Waals surface area contributed by atoms with Crippen molar-refractivity contribution in [3.8, 4) is 0 Å². The summed E-state index contributed by atoms with van der Waals surface area (Å²) in [7, 11) is 0. The Bertz CT molecular complexity index is 447.